The maximum atomic E-state index is 13.1. The van der Waals surface area contributed by atoms with Gasteiger partial charge in [0.1, 0.15) is 30.0 Å². The number of ether oxygens (including phenoxy) is 2. The summed E-state index contributed by atoms with van der Waals surface area (Å²) >= 11 is 0. The summed E-state index contributed by atoms with van der Waals surface area (Å²) in [6.45, 7) is 2.38. The van der Waals surface area contributed by atoms with Crippen LogP contribution in [-0.2, 0) is 6.42 Å². The van der Waals surface area contributed by atoms with E-state index in [1.165, 1.54) is 12.1 Å². The Kier molecular flexibility index (Phi) is 3.80. The van der Waals surface area contributed by atoms with Gasteiger partial charge in [-0.25, -0.2) is 4.39 Å². The molecule has 0 saturated heterocycles. The third-order valence-corrected chi connectivity index (χ3v) is 3.61. The summed E-state index contributed by atoms with van der Waals surface area (Å²) in [5, 5.41) is 0. The van der Waals surface area contributed by atoms with Gasteiger partial charge in [0.05, 0.1) is 0 Å². The van der Waals surface area contributed by atoms with Crippen LogP contribution < -0.4 is 15.2 Å². The molecule has 1 aliphatic rings. The van der Waals surface area contributed by atoms with Gasteiger partial charge < -0.3 is 15.2 Å². The summed E-state index contributed by atoms with van der Waals surface area (Å²) in [5.74, 6) is 1.30. The lowest BCUT2D eigenvalue weighted by atomic mass is 10.1. The monoisotopic (exact) mass is 287 g/mol. The fourth-order valence-electron chi connectivity index (χ4n) is 2.44. The van der Waals surface area contributed by atoms with Gasteiger partial charge in [0.15, 0.2) is 0 Å². The van der Waals surface area contributed by atoms with Crippen LogP contribution in [0.3, 0.4) is 0 Å². The molecule has 0 aromatic heterocycles. The Balaban J connectivity index is 1.57. The molecule has 0 bridgehead atoms. The molecular formula is C17H18FNO2. The second-order valence-electron chi connectivity index (χ2n) is 5.36. The fraction of sp³-hybridized carbons (Fsp3) is 0.294. The average molecular weight is 287 g/mol. The Bertz CT molecular complexity index is 625. The first-order valence-electron chi connectivity index (χ1n) is 7.05. The zero-order valence-electron chi connectivity index (χ0n) is 11.9. The topological polar surface area (TPSA) is 44.5 Å². The van der Waals surface area contributed by atoms with E-state index in [0.717, 1.165) is 22.6 Å². The molecule has 1 unspecified atom stereocenters. The van der Waals surface area contributed by atoms with Crippen molar-refractivity contribution in [2.24, 2.45) is 5.73 Å². The first-order chi connectivity index (χ1) is 10.1. The maximum absolute atomic E-state index is 13.1. The van der Waals surface area contributed by atoms with Crippen molar-refractivity contribution in [2.75, 3.05) is 6.61 Å². The van der Waals surface area contributed by atoms with Crippen LogP contribution in [-0.4, -0.2) is 12.7 Å². The molecule has 0 aliphatic carbocycles. The minimum Gasteiger partial charge on any atom is -0.490 e. The van der Waals surface area contributed by atoms with E-state index in [4.69, 9.17) is 15.2 Å². The van der Waals surface area contributed by atoms with Crippen molar-refractivity contribution in [2.45, 2.75) is 25.5 Å². The summed E-state index contributed by atoms with van der Waals surface area (Å²) in [6, 6.07) is 12.3. The number of fused-ring (bicyclic) bond motifs is 1. The smallest absolute Gasteiger partial charge is 0.137 e. The highest BCUT2D eigenvalue weighted by molar-refractivity contribution is 5.38. The van der Waals surface area contributed by atoms with Crippen molar-refractivity contribution in [3.05, 3.63) is 59.4 Å². The van der Waals surface area contributed by atoms with Crippen molar-refractivity contribution in [3.63, 3.8) is 0 Å². The van der Waals surface area contributed by atoms with E-state index < -0.39 is 0 Å². The first kappa shape index (κ1) is 13.9. The molecule has 0 fully saturated rings. The molecule has 2 atom stereocenters. The van der Waals surface area contributed by atoms with Gasteiger partial charge in [-0.15, -0.1) is 0 Å². The van der Waals surface area contributed by atoms with Gasteiger partial charge in [0.25, 0.3) is 0 Å². The molecule has 0 spiro atoms. The van der Waals surface area contributed by atoms with Crippen LogP contribution in [0.2, 0.25) is 0 Å². The Morgan fingerprint density at radius 1 is 1.29 bits per heavy atom. The molecule has 4 heteroatoms. The molecule has 2 N–H and O–H groups in total. The van der Waals surface area contributed by atoms with Crippen LogP contribution in [0.4, 0.5) is 4.39 Å². The molecule has 2 aromatic carbocycles. The van der Waals surface area contributed by atoms with Crippen LogP contribution in [0.15, 0.2) is 42.5 Å². The second kappa shape index (κ2) is 5.74. The number of rotatable bonds is 4. The van der Waals surface area contributed by atoms with Crippen molar-refractivity contribution in [1.29, 1.82) is 0 Å². The van der Waals surface area contributed by atoms with Gasteiger partial charge in [-0.1, -0.05) is 12.1 Å². The lowest BCUT2D eigenvalue weighted by molar-refractivity contribution is 0.148. The molecule has 21 heavy (non-hydrogen) atoms. The third-order valence-electron chi connectivity index (χ3n) is 3.61. The zero-order valence-corrected chi connectivity index (χ0v) is 11.9. The van der Waals surface area contributed by atoms with E-state index in [2.05, 4.69) is 0 Å². The summed E-state index contributed by atoms with van der Waals surface area (Å²) < 4.78 is 24.6. The number of nitrogens with two attached hydrogens (primary N) is 1. The van der Waals surface area contributed by atoms with E-state index in [1.807, 2.05) is 31.2 Å². The maximum Gasteiger partial charge on any atom is 0.137 e. The van der Waals surface area contributed by atoms with Crippen LogP contribution >= 0.6 is 0 Å². The fourth-order valence-corrected chi connectivity index (χ4v) is 2.44. The highest BCUT2D eigenvalue weighted by Gasteiger charge is 2.23. The quantitative estimate of drug-likeness (QED) is 0.939. The summed E-state index contributed by atoms with van der Waals surface area (Å²) in [7, 11) is 0. The minimum atomic E-state index is -0.231. The third kappa shape index (κ3) is 3.16. The molecule has 0 radical (unpaired) electrons. The van der Waals surface area contributed by atoms with Crippen molar-refractivity contribution < 1.29 is 13.9 Å². The number of hydrogen-bond donors (Lipinski definition) is 1. The van der Waals surface area contributed by atoms with Crippen LogP contribution in [0.25, 0.3) is 0 Å². The highest BCUT2D eigenvalue weighted by atomic mass is 19.1. The van der Waals surface area contributed by atoms with Gasteiger partial charge >= 0.3 is 0 Å². The first-order valence-corrected chi connectivity index (χ1v) is 7.05. The second-order valence-corrected chi connectivity index (χ2v) is 5.36. The van der Waals surface area contributed by atoms with Gasteiger partial charge in [0.2, 0.25) is 0 Å². The molecule has 3 rings (SSSR count). The summed E-state index contributed by atoms with van der Waals surface area (Å²) in [5.41, 5.74) is 7.78. The van der Waals surface area contributed by atoms with Crippen LogP contribution in [0.5, 0.6) is 11.5 Å². The van der Waals surface area contributed by atoms with E-state index in [9.17, 15) is 4.39 Å². The minimum absolute atomic E-state index is 0.0154. The van der Waals surface area contributed by atoms with Gasteiger partial charge in [-0.2, -0.15) is 0 Å². The number of hydrogen-bond acceptors (Lipinski definition) is 3. The van der Waals surface area contributed by atoms with E-state index >= 15 is 0 Å². The molecule has 0 saturated carbocycles. The van der Waals surface area contributed by atoms with E-state index in [0.29, 0.717) is 13.0 Å². The van der Waals surface area contributed by atoms with E-state index in [-0.39, 0.29) is 18.0 Å². The predicted octanol–water partition coefficient (Wildman–Crippen LogP) is 3.23. The molecule has 1 aliphatic heterocycles. The normalized spacial score (nSPS) is 18.0. The molecular weight excluding hydrogens is 269 g/mol. The lowest BCUT2D eigenvalue weighted by Gasteiger charge is -2.13. The van der Waals surface area contributed by atoms with Gasteiger partial charge in [0, 0.05) is 18.0 Å². The largest absolute Gasteiger partial charge is 0.490 e. The SMILES string of the molecule is C[C@H](N)c1ccc(OCC2Cc3cc(F)ccc3O2)cc1. The average Bonchev–Trinajstić information content (AvgIpc) is 2.87. The summed E-state index contributed by atoms with van der Waals surface area (Å²) in [6.07, 6.45) is 0.597. The lowest BCUT2D eigenvalue weighted by Crippen LogP contribution is -2.22. The van der Waals surface area contributed by atoms with Crippen LogP contribution in [0, 0.1) is 5.82 Å². The highest BCUT2D eigenvalue weighted by Crippen LogP contribution is 2.29. The Labute approximate surface area is 123 Å². The number of halogens is 1. The molecule has 2 aromatic rings. The molecule has 110 valence electrons. The Morgan fingerprint density at radius 2 is 2.05 bits per heavy atom. The summed E-state index contributed by atoms with van der Waals surface area (Å²) in [4.78, 5) is 0. The molecule has 3 nitrogen and oxygen atoms in total. The number of benzene rings is 2. The van der Waals surface area contributed by atoms with Gasteiger partial charge in [-0.3, -0.25) is 0 Å². The zero-order chi connectivity index (χ0) is 14.8. The molecule has 1 heterocycles. The van der Waals surface area contributed by atoms with Gasteiger partial charge in [-0.05, 0) is 42.8 Å². The van der Waals surface area contributed by atoms with Crippen molar-refractivity contribution in [1.82, 2.24) is 0 Å². The Hall–Kier alpha value is -2.07. The van der Waals surface area contributed by atoms with Crippen molar-refractivity contribution in [3.8, 4) is 11.5 Å². The Morgan fingerprint density at radius 3 is 2.76 bits per heavy atom. The van der Waals surface area contributed by atoms with Crippen LogP contribution in [0.1, 0.15) is 24.1 Å². The predicted molar refractivity (Wildman–Crippen MR) is 79.1 cm³/mol. The molecule has 0 amide bonds. The van der Waals surface area contributed by atoms with Crippen molar-refractivity contribution >= 4 is 0 Å². The van der Waals surface area contributed by atoms with E-state index in [1.54, 1.807) is 6.07 Å². The standard InChI is InChI=1S/C17H18FNO2/c1-11(19)12-2-5-15(6-3-12)20-10-16-9-13-8-14(18)4-7-17(13)21-16/h2-8,11,16H,9-10,19H2,1H3/t11-,16?/m0/s1.